The topological polar surface area (TPSA) is 18.5 Å². The van der Waals surface area contributed by atoms with E-state index in [1.807, 2.05) is 0 Å². The molecule has 2 aliphatic carbocycles. The Morgan fingerprint density at radius 1 is 0.769 bits per heavy atom. The maximum absolute atomic E-state index is 6.45. The second kappa shape index (κ2) is 7.19. The molecule has 1 aliphatic heterocycles. The van der Waals surface area contributed by atoms with Crippen LogP contribution in [0.15, 0.2) is 24.3 Å². The van der Waals surface area contributed by atoms with Crippen LogP contribution in [0.3, 0.4) is 0 Å². The van der Waals surface area contributed by atoms with E-state index < -0.39 is 0 Å². The Kier molecular flexibility index (Phi) is 5.23. The van der Waals surface area contributed by atoms with Crippen molar-refractivity contribution in [3.05, 3.63) is 29.8 Å². The van der Waals surface area contributed by atoms with Crippen molar-refractivity contribution in [1.29, 1.82) is 0 Å². The minimum absolute atomic E-state index is 0.117. The quantitative estimate of drug-likeness (QED) is 0.577. The Hall–Kier alpha value is -0.430. The molecule has 26 heavy (non-hydrogen) atoms. The van der Waals surface area contributed by atoms with Crippen LogP contribution in [0.5, 0.6) is 0 Å². The van der Waals surface area contributed by atoms with E-state index in [0.717, 1.165) is 11.3 Å². The predicted molar refractivity (Wildman–Crippen MR) is 111 cm³/mol. The van der Waals surface area contributed by atoms with Gasteiger partial charge in [0.2, 0.25) is 0 Å². The Morgan fingerprint density at radius 2 is 1.23 bits per heavy atom. The van der Waals surface area contributed by atoms with E-state index in [4.69, 9.17) is 9.47 Å². The first-order valence-corrected chi connectivity index (χ1v) is 12.1. The van der Waals surface area contributed by atoms with Gasteiger partial charge in [-0.15, -0.1) is 0 Å². The fourth-order valence-corrected chi connectivity index (χ4v) is 8.91. The Morgan fingerprint density at radius 3 is 1.73 bits per heavy atom. The van der Waals surface area contributed by atoms with E-state index >= 15 is 0 Å². The second-order valence-corrected chi connectivity index (χ2v) is 12.2. The summed E-state index contributed by atoms with van der Waals surface area (Å²) in [4.78, 5) is 0. The van der Waals surface area contributed by atoms with Crippen molar-refractivity contribution in [2.45, 2.75) is 108 Å². The number of ether oxygens (including phenoxy) is 2. The molecule has 3 fully saturated rings. The average Bonchev–Trinajstić information content (AvgIpc) is 3.31. The van der Waals surface area contributed by atoms with Gasteiger partial charge in [-0.1, -0.05) is 57.9 Å². The number of hydrogen-bond acceptors (Lipinski definition) is 2. The van der Waals surface area contributed by atoms with Crippen LogP contribution in [0.2, 0.25) is 0 Å². The third kappa shape index (κ3) is 3.38. The summed E-state index contributed by atoms with van der Waals surface area (Å²) in [6.45, 7) is 8.64. The molecule has 0 spiro atoms. The smallest absolute Gasteiger partial charge is 0.185 e. The van der Waals surface area contributed by atoms with Gasteiger partial charge in [0, 0.05) is 5.56 Å². The first-order valence-electron chi connectivity index (χ1n) is 10.6. The van der Waals surface area contributed by atoms with E-state index in [9.17, 15) is 0 Å². The Labute approximate surface area is 160 Å². The van der Waals surface area contributed by atoms with Gasteiger partial charge in [0.05, 0.1) is 11.2 Å². The largest absolute Gasteiger partial charge is 0.339 e. The molecular formula is C23H35O2P. The fraction of sp³-hybridized carbons (Fsp3) is 0.739. The molecule has 2 nitrogen and oxygen atoms in total. The summed E-state index contributed by atoms with van der Waals surface area (Å²) in [5.74, 6) is 0. The van der Waals surface area contributed by atoms with E-state index in [1.54, 1.807) is 5.30 Å². The van der Waals surface area contributed by atoms with Crippen molar-refractivity contribution in [3.8, 4) is 0 Å². The fourth-order valence-electron chi connectivity index (χ4n) is 4.95. The molecule has 1 aromatic carbocycles. The van der Waals surface area contributed by atoms with Crippen LogP contribution in [0.4, 0.5) is 0 Å². The van der Waals surface area contributed by atoms with Crippen LogP contribution < -0.4 is 5.30 Å². The minimum Gasteiger partial charge on any atom is -0.339 e. The van der Waals surface area contributed by atoms with Gasteiger partial charge in [-0.05, 0) is 70.0 Å². The highest BCUT2D eigenvalue weighted by Crippen LogP contribution is 2.57. The summed E-state index contributed by atoms with van der Waals surface area (Å²) in [6.07, 6.45) is 11.2. The molecule has 3 aliphatic rings. The normalized spacial score (nSPS) is 27.0. The first-order chi connectivity index (χ1) is 12.4. The maximum atomic E-state index is 6.45. The van der Waals surface area contributed by atoms with Crippen LogP contribution in [-0.4, -0.2) is 22.5 Å². The molecule has 144 valence electrons. The minimum atomic E-state index is -0.270. The molecule has 0 aromatic heterocycles. The lowest BCUT2D eigenvalue weighted by molar-refractivity contribution is -0.0889. The third-order valence-electron chi connectivity index (χ3n) is 7.16. The zero-order chi connectivity index (χ0) is 18.4. The Bertz CT molecular complexity index is 595. The van der Waals surface area contributed by atoms with Gasteiger partial charge in [-0.3, -0.25) is 0 Å². The van der Waals surface area contributed by atoms with E-state index in [1.165, 1.54) is 56.9 Å². The maximum Gasteiger partial charge on any atom is 0.185 e. The van der Waals surface area contributed by atoms with Crippen LogP contribution in [-0.2, 0) is 9.47 Å². The molecular weight excluding hydrogens is 339 g/mol. The predicted octanol–water partition coefficient (Wildman–Crippen LogP) is 6.28. The van der Waals surface area contributed by atoms with Gasteiger partial charge in [-0.25, -0.2) is 0 Å². The molecule has 0 amide bonds. The first kappa shape index (κ1) is 18.9. The zero-order valence-corrected chi connectivity index (χ0v) is 17.9. The second-order valence-electron chi connectivity index (χ2n) is 9.43. The van der Waals surface area contributed by atoms with Crippen LogP contribution in [0, 0.1) is 0 Å². The number of hydrogen-bond donors (Lipinski definition) is 0. The molecule has 1 heterocycles. The average molecular weight is 375 g/mol. The van der Waals surface area contributed by atoms with Crippen LogP contribution >= 0.6 is 7.92 Å². The van der Waals surface area contributed by atoms with Crippen molar-refractivity contribution in [2.24, 2.45) is 0 Å². The molecule has 0 unspecified atom stereocenters. The monoisotopic (exact) mass is 374 g/mol. The van der Waals surface area contributed by atoms with E-state index in [2.05, 4.69) is 52.0 Å². The van der Waals surface area contributed by atoms with Crippen molar-refractivity contribution < 1.29 is 9.47 Å². The molecule has 0 bridgehead atoms. The summed E-state index contributed by atoms with van der Waals surface area (Å²) in [5, 5.41) is 1.58. The molecule has 2 saturated carbocycles. The lowest BCUT2D eigenvalue weighted by Gasteiger charge is -2.33. The highest BCUT2D eigenvalue weighted by Gasteiger charge is 2.50. The van der Waals surface area contributed by atoms with Crippen molar-refractivity contribution in [2.75, 3.05) is 0 Å². The van der Waals surface area contributed by atoms with Crippen LogP contribution in [0.25, 0.3) is 0 Å². The van der Waals surface area contributed by atoms with Gasteiger partial charge in [0.15, 0.2) is 6.29 Å². The zero-order valence-electron chi connectivity index (χ0n) is 17.0. The van der Waals surface area contributed by atoms with Gasteiger partial charge in [-0.2, -0.15) is 0 Å². The van der Waals surface area contributed by atoms with Gasteiger partial charge >= 0.3 is 0 Å². The molecule has 4 rings (SSSR count). The molecule has 1 aromatic rings. The highest BCUT2D eigenvalue weighted by molar-refractivity contribution is 7.67. The molecule has 1 saturated heterocycles. The van der Waals surface area contributed by atoms with Gasteiger partial charge in [0.25, 0.3) is 0 Å². The van der Waals surface area contributed by atoms with Crippen molar-refractivity contribution in [1.82, 2.24) is 0 Å². The molecule has 0 N–H and O–H groups in total. The summed E-state index contributed by atoms with van der Waals surface area (Å²) in [6, 6.07) is 9.09. The van der Waals surface area contributed by atoms with Crippen LogP contribution in [0.1, 0.15) is 90.9 Å². The molecule has 3 heteroatoms. The van der Waals surface area contributed by atoms with Gasteiger partial charge < -0.3 is 9.47 Å². The molecule has 0 atom stereocenters. The highest BCUT2D eigenvalue weighted by atomic mass is 31.1. The lowest BCUT2D eigenvalue weighted by Crippen LogP contribution is -2.41. The third-order valence-corrected chi connectivity index (χ3v) is 10.7. The SMILES string of the molecule is CC1(C)OC(c2ccccc2P(C2CCCC2)C2CCCC2)OC1(C)C. The lowest BCUT2D eigenvalue weighted by atomic mass is 9.90. The van der Waals surface area contributed by atoms with Crippen molar-refractivity contribution in [3.63, 3.8) is 0 Å². The Balaban J connectivity index is 1.69. The number of rotatable bonds is 4. The van der Waals surface area contributed by atoms with E-state index in [-0.39, 0.29) is 25.4 Å². The summed E-state index contributed by atoms with van der Waals surface area (Å²) < 4.78 is 12.9. The summed E-state index contributed by atoms with van der Waals surface area (Å²) >= 11 is 0. The van der Waals surface area contributed by atoms with Crippen molar-refractivity contribution >= 4 is 13.2 Å². The standard InChI is InChI=1S/C23H35O2P/c1-22(2)23(3,4)25-21(24-22)19-15-9-10-16-20(19)26(17-11-5-6-12-17)18-13-7-8-14-18/h9-10,15-18,21H,5-8,11-14H2,1-4H3. The number of benzene rings is 1. The van der Waals surface area contributed by atoms with E-state index in [0.29, 0.717) is 0 Å². The summed E-state index contributed by atoms with van der Waals surface area (Å²) in [7, 11) is -0.117. The molecule has 0 radical (unpaired) electrons. The van der Waals surface area contributed by atoms with Gasteiger partial charge in [0.1, 0.15) is 0 Å². The summed E-state index contributed by atoms with van der Waals surface area (Å²) in [5.41, 5.74) is 2.60.